The highest BCUT2D eigenvalue weighted by atomic mass is 16.3. The smallest absolute Gasteiger partial charge is 0.167 e. The lowest BCUT2D eigenvalue weighted by Gasteiger charge is -2.06. The van der Waals surface area contributed by atoms with Gasteiger partial charge in [-0.2, -0.15) is 0 Å². The van der Waals surface area contributed by atoms with Gasteiger partial charge in [-0.05, 0) is 18.6 Å². The number of furan rings is 1. The van der Waals surface area contributed by atoms with Crippen LogP contribution in [0.25, 0.3) is 55.8 Å². The number of para-hydroxylation sites is 2. The minimum atomic E-state index is 0.613. The van der Waals surface area contributed by atoms with Crippen LogP contribution in [0.4, 0.5) is 0 Å². The molecule has 0 unspecified atom stereocenters. The average Bonchev–Trinajstić information content (AvgIpc) is 3.24. The van der Waals surface area contributed by atoms with Gasteiger partial charge in [-0.25, -0.2) is 15.0 Å². The van der Waals surface area contributed by atoms with Crippen molar-refractivity contribution in [2.24, 2.45) is 0 Å². The largest absolute Gasteiger partial charge is 0.455 e. The lowest BCUT2D eigenvalue weighted by Crippen LogP contribution is -1.99. The van der Waals surface area contributed by atoms with Crippen molar-refractivity contribution >= 4 is 21.9 Å². The molecule has 4 aromatic carbocycles. The van der Waals surface area contributed by atoms with Crippen molar-refractivity contribution in [3.8, 4) is 33.9 Å². The van der Waals surface area contributed by atoms with Crippen LogP contribution in [-0.2, 0) is 0 Å². The summed E-state index contributed by atoms with van der Waals surface area (Å²) in [6.07, 6.45) is 0. The van der Waals surface area contributed by atoms with Crippen molar-refractivity contribution in [2.75, 3.05) is 0 Å². The summed E-state index contributed by atoms with van der Waals surface area (Å²) in [7, 11) is 0. The van der Waals surface area contributed by atoms with Crippen LogP contribution in [0.1, 0.15) is 5.82 Å². The Bertz CT molecular complexity index is 1570. The molecule has 4 heteroatoms. The third-order valence-corrected chi connectivity index (χ3v) is 5.63. The van der Waals surface area contributed by atoms with E-state index in [4.69, 9.17) is 9.40 Å². The quantitative estimate of drug-likeness (QED) is 0.311. The lowest BCUT2D eigenvalue weighted by molar-refractivity contribution is 0.670. The van der Waals surface area contributed by atoms with Crippen molar-refractivity contribution in [3.63, 3.8) is 0 Å². The van der Waals surface area contributed by atoms with Gasteiger partial charge < -0.3 is 4.42 Å². The zero-order valence-corrected chi connectivity index (χ0v) is 17.5. The third-order valence-electron chi connectivity index (χ3n) is 5.63. The summed E-state index contributed by atoms with van der Waals surface area (Å²) in [4.78, 5) is 14.0. The molecule has 0 N–H and O–H groups in total. The number of hydrogen-bond acceptors (Lipinski definition) is 4. The van der Waals surface area contributed by atoms with E-state index >= 15 is 0 Å². The maximum atomic E-state index is 6.51. The molecule has 0 bridgehead atoms. The molecule has 6 aromatic rings. The third kappa shape index (κ3) is 3.05. The van der Waals surface area contributed by atoms with Crippen LogP contribution in [0.15, 0.2) is 101 Å². The van der Waals surface area contributed by atoms with Crippen molar-refractivity contribution in [2.45, 2.75) is 6.92 Å². The Morgan fingerprint density at radius 2 is 1.06 bits per heavy atom. The summed E-state index contributed by atoms with van der Waals surface area (Å²) in [6, 6.07) is 32.7. The van der Waals surface area contributed by atoms with Crippen LogP contribution in [0.2, 0.25) is 0 Å². The van der Waals surface area contributed by atoms with Gasteiger partial charge in [0.05, 0.1) is 5.56 Å². The van der Waals surface area contributed by atoms with E-state index in [1.807, 2.05) is 67.6 Å². The molecule has 4 nitrogen and oxygen atoms in total. The molecule has 0 aliphatic heterocycles. The van der Waals surface area contributed by atoms with E-state index in [2.05, 4.69) is 46.4 Å². The van der Waals surface area contributed by atoms with E-state index in [0.717, 1.165) is 44.2 Å². The zero-order valence-electron chi connectivity index (χ0n) is 17.5. The maximum Gasteiger partial charge on any atom is 0.167 e. The molecular weight excluding hydrogens is 394 g/mol. The average molecular weight is 413 g/mol. The first-order valence-electron chi connectivity index (χ1n) is 10.6. The monoisotopic (exact) mass is 413 g/mol. The summed E-state index contributed by atoms with van der Waals surface area (Å²) in [5.74, 6) is 1.94. The standard InChI is InChI=1S/C28H19N3O/c1-18-29-27(20-12-6-3-7-13-20)31-28(30-18)24-17-9-16-23-22-15-8-14-21(25(22)32-26(23)24)19-10-4-2-5-11-19/h2-17H,1H3. The fourth-order valence-electron chi connectivity index (χ4n) is 4.16. The summed E-state index contributed by atoms with van der Waals surface area (Å²) < 4.78 is 6.51. The molecule has 6 rings (SSSR count). The normalized spacial score (nSPS) is 11.3. The van der Waals surface area contributed by atoms with Crippen molar-refractivity contribution in [1.82, 2.24) is 15.0 Å². The summed E-state index contributed by atoms with van der Waals surface area (Å²) in [5, 5.41) is 2.13. The Kier molecular flexibility index (Phi) is 4.29. The Balaban J connectivity index is 1.60. The van der Waals surface area contributed by atoms with Gasteiger partial charge in [-0.15, -0.1) is 0 Å². The first-order valence-corrected chi connectivity index (χ1v) is 10.6. The van der Waals surface area contributed by atoms with E-state index in [0.29, 0.717) is 17.5 Å². The Morgan fingerprint density at radius 3 is 1.75 bits per heavy atom. The van der Waals surface area contributed by atoms with Crippen molar-refractivity contribution in [1.29, 1.82) is 0 Å². The molecule has 152 valence electrons. The Labute approximate surface area is 185 Å². The predicted octanol–water partition coefficient (Wildman–Crippen LogP) is 7.08. The van der Waals surface area contributed by atoms with Crippen molar-refractivity contribution in [3.05, 3.63) is 103 Å². The van der Waals surface area contributed by atoms with Gasteiger partial charge in [0.25, 0.3) is 0 Å². The molecule has 0 aliphatic rings. The molecule has 0 saturated heterocycles. The first kappa shape index (κ1) is 18.5. The maximum absolute atomic E-state index is 6.51. The molecule has 0 fully saturated rings. The molecule has 0 saturated carbocycles. The highest BCUT2D eigenvalue weighted by molar-refractivity contribution is 6.12. The van der Waals surface area contributed by atoms with E-state index in [-0.39, 0.29) is 0 Å². The highest BCUT2D eigenvalue weighted by Crippen LogP contribution is 2.39. The van der Waals surface area contributed by atoms with Gasteiger partial charge in [-0.1, -0.05) is 91.0 Å². The summed E-state index contributed by atoms with van der Waals surface area (Å²) in [6.45, 7) is 1.89. The molecule has 2 aromatic heterocycles. The predicted molar refractivity (Wildman–Crippen MR) is 128 cm³/mol. The fraction of sp³-hybridized carbons (Fsp3) is 0.0357. The zero-order chi connectivity index (χ0) is 21.5. The number of aryl methyl sites for hydroxylation is 1. The second-order valence-electron chi connectivity index (χ2n) is 7.73. The minimum absolute atomic E-state index is 0.613. The Hall–Kier alpha value is -4.31. The summed E-state index contributed by atoms with van der Waals surface area (Å²) in [5.41, 5.74) is 5.68. The molecule has 0 spiro atoms. The van der Waals surface area contributed by atoms with Gasteiger partial charge in [0.15, 0.2) is 11.6 Å². The number of aromatic nitrogens is 3. The van der Waals surface area contributed by atoms with Crippen LogP contribution >= 0.6 is 0 Å². The minimum Gasteiger partial charge on any atom is -0.455 e. The van der Waals surface area contributed by atoms with Gasteiger partial charge in [0.2, 0.25) is 0 Å². The van der Waals surface area contributed by atoms with E-state index < -0.39 is 0 Å². The number of fused-ring (bicyclic) bond motifs is 3. The van der Waals surface area contributed by atoms with Crippen LogP contribution in [-0.4, -0.2) is 15.0 Å². The van der Waals surface area contributed by atoms with E-state index in [1.165, 1.54) is 0 Å². The van der Waals surface area contributed by atoms with Gasteiger partial charge in [0, 0.05) is 21.9 Å². The fourth-order valence-corrected chi connectivity index (χ4v) is 4.16. The second kappa shape index (κ2) is 7.43. The molecule has 0 radical (unpaired) electrons. The van der Waals surface area contributed by atoms with Gasteiger partial charge in [0.1, 0.15) is 17.0 Å². The topological polar surface area (TPSA) is 51.8 Å². The number of nitrogens with zero attached hydrogens (tertiary/aromatic N) is 3. The van der Waals surface area contributed by atoms with Crippen LogP contribution in [0, 0.1) is 6.92 Å². The molecule has 0 aliphatic carbocycles. The second-order valence-corrected chi connectivity index (χ2v) is 7.73. The SMILES string of the molecule is Cc1nc(-c2ccccc2)nc(-c2cccc3c2oc2c(-c4ccccc4)cccc23)n1. The molecular formula is C28H19N3O. The highest BCUT2D eigenvalue weighted by Gasteiger charge is 2.17. The molecule has 2 heterocycles. The molecule has 0 atom stereocenters. The van der Waals surface area contributed by atoms with Gasteiger partial charge >= 0.3 is 0 Å². The van der Waals surface area contributed by atoms with E-state index in [1.54, 1.807) is 0 Å². The number of benzene rings is 4. The van der Waals surface area contributed by atoms with Crippen LogP contribution in [0.5, 0.6) is 0 Å². The van der Waals surface area contributed by atoms with Crippen LogP contribution in [0.3, 0.4) is 0 Å². The van der Waals surface area contributed by atoms with Gasteiger partial charge in [-0.3, -0.25) is 0 Å². The number of hydrogen-bond donors (Lipinski definition) is 0. The van der Waals surface area contributed by atoms with E-state index in [9.17, 15) is 0 Å². The first-order chi connectivity index (χ1) is 15.8. The lowest BCUT2D eigenvalue weighted by atomic mass is 10.0. The summed E-state index contributed by atoms with van der Waals surface area (Å²) >= 11 is 0. The van der Waals surface area contributed by atoms with Crippen molar-refractivity contribution < 1.29 is 4.42 Å². The molecule has 32 heavy (non-hydrogen) atoms. The Morgan fingerprint density at radius 1 is 0.500 bits per heavy atom. The molecule has 0 amide bonds. The number of rotatable bonds is 3. The van der Waals surface area contributed by atoms with Crippen LogP contribution < -0.4 is 0 Å².